The Labute approximate surface area is 108 Å². The van der Waals surface area contributed by atoms with Crippen molar-refractivity contribution in [3.63, 3.8) is 0 Å². The van der Waals surface area contributed by atoms with Crippen molar-refractivity contribution in [2.24, 2.45) is 11.1 Å². The van der Waals surface area contributed by atoms with Crippen LogP contribution in [0.15, 0.2) is 24.3 Å². The molecule has 0 aliphatic carbocycles. The lowest BCUT2D eigenvalue weighted by atomic mass is 9.87. The Morgan fingerprint density at radius 2 is 1.94 bits per heavy atom. The normalized spacial score (nSPS) is 20.1. The second-order valence-electron chi connectivity index (χ2n) is 5.85. The molecule has 0 saturated carbocycles. The molecule has 98 valence electrons. The number of nitrogens with one attached hydrogen (secondary N) is 1. The van der Waals surface area contributed by atoms with Crippen molar-refractivity contribution in [2.75, 3.05) is 11.4 Å². The number of rotatable bonds is 2. The fourth-order valence-corrected chi connectivity index (χ4v) is 2.06. The van der Waals surface area contributed by atoms with Gasteiger partial charge in [-0.05, 0) is 23.1 Å². The highest BCUT2D eigenvalue weighted by Crippen LogP contribution is 2.27. The number of benzene rings is 1. The van der Waals surface area contributed by atoms with E-state index in [4.69, 9.17) is 5.73 Å². The summed E-state index contributed by atoms with van der Waals surface area (Å²) in [7, 11) is 0. The third-order valence-corrected chi connectivity index (χ3v) is 3.44. The summed E-state index contributed by atoms with van der Waals surface area (Å²) in [5.74, 6) is 0. The number of anilines is 1. The third-order valence-electron chi connectivity index (χ3n) is 3.44. The summed E-state index contributed by atoms with van der Waals surface area (Å²) in [4.78, 5) is 13.8. The molecule has 4 nitrogen and oxygen atoms in total. The number of amides is 2. The van der Waals surface area contributed by atoms with E-state index >= 15 is 0 Å². The van der Waals surface area contributed by atoms with E-state index < -0.39 is 0 Å². The average Bonchev–Trinajstić information content (AvgIpc) is 2.71. The molecule has 1 aliphatic heterocycles. The van der Waals surface area contributed by atoms with Crippen LogP contribution in [0.4, 0.5) is 10.5 Å². The van der Waals surface area contributed by atoms with Gasteiger partial charge in [-0.15, -0.1) is 0 Å². The van der Waals surface area contributed by atoms with Crippen LogP contribution in [0.2, 0.25) is 0 Å². The first-order chi connectivity index (χ1) is 8.41. The van der Waals surface area contributed by atoms with Crippen molar-refractivity contribution in [3.8, 4) is 0 Å². The van der Waals surface area contributed by atoms with Gasteiger partial charge in [-0.25, -0.2) is 4.79 Å². The predicted molar refractivity (Wildman–Crippen MR) is 73.5 cm³/mol. The molecule has 3 N–H and O–H groups in total. The van der Waals surface area contributed by atoms with Crippen LogP contribution in [0.1, 0.15) is 26.3 Å². The summed E-state index contributed by atoms with van der Waals surface area (Å²) in [6.45, 7) is 7.65. The van der Waals surface area contributed by atoms with Gasteiger partial charge in [0.25, 0.3) is 0 Å². The molecule has 1 aliphatic rings. The Morgan fingerprint density at radius 3 is 2.39 bits per heavy atom. The first-order valence-corrected chi connectivity index (χ1v) is 6.29. The fraction of sp³-hybridized carbons (Fsp3) is 0.500. The summed E-state index contributed by atoms with van der Waals surface area (Å²) >= 11 is 0. The van der Waals surface area contributed by atoms with Gasteiger partial charge in [0.2, 0.25) is 0 Å². The molecule has 0 radical (unpaired) electrons. The average molecular weight is 247 g/mol. The second kappa shape index (κ2) is 4.61. The van der Waals surface area contributed by atoms with Crippen molar-refractivity contribution >= 4 is 11.7 Å². The van der Waals surface area contributed by atoms with Gasteiger partial charge in [0, 0.05) is 18.8 Å². The van der Waals surface area contributed by atoms with E-state index in [0.29, 0.717) is 13.1 Å². The van der Waals surface area contributed by atoms with Crippen LogP contribution in [0.5, 0.6) is 0 Å². The van der Waals surface area contributed by atoms with Gasteiger partial charge in [-0.1, -0.05) is 32.9 Å². The van der Waals surface area contributed by atoms with E-state index in [1.54, 1.807) is 4.90 Å². The quantitative estimate of drug-likeness (QED) is 0.840. The molecule has 1 atom stereocenters. The number of nitrogens with zero attached hydrogens (tertiary/aromatic N) is 1. The van der Waals surface area contributed by atoms with E-state index in [1.807, 2.05) is 24.3 Å². The highest BCUT2D eigenvalue weighted by Gasteiger charge is 2.36. The van der Waals surface area contributed by atoms with Gasteiger partial charge in [-0.3, -0.25) is 4.90 Å². The number of urea groups is 1. The molecule has 0 bridgehead atoms. The highest BCUT2D eigenvalue weighted by molar-refractivity contribution is 5.94. The van der Waals surface area contributed by atoms with E-state index in [9.17, 15) is 4.79 Å². The summed E-state index contributed by atoms with van der Waals surface area (Å²) in [5.41, 5.74) is 7.64. The van der Waals surface area contributed by atoms with Crippen molar-refractivity contribution in [3.05, 3.63) is 29.8 Å². The Balaban J connectivity index is 2.16. The topological polar surface area (TPSA) is 58.4 Å². The van der Waals surface area contributed by atoms with Gasteiger partial charge >= 0.3 is 6.03 Å². The smallest absolute Gasteiger partial charge is 0.322 e. The Hall–Kier alpha value is -1.55. The van der Waals surface area contributed by atoms with Crippen molar-refractivity contribution in [1.82, 2.24) is 5.32 Å². The number of carbonyl (C=O) groups is 1. The van der Waals surface area contributed by atoms with Crippen LogP contribution in [-0.4, -0.2) is 18.6 Å². The van der Waals surface area contributed by atoms with Crippen molar-refractivity contribution < 1.29 is 4.79 Å². The summed E-state index contributed by atoms with van der Waals surface area (Å²) in [5, 5.41) is 3.03. The minimum atomic E-state index is -0.0181. The lowest BCUT2D eigenvalue weighted by molar-refractivity contribution is 0.243. The van der Waals surface area contributed by atoms with Gasteiger partial charge < -0.3 is 11.1 Å². The Morgan fingerprint density at radius 1 is 1.33 bits per heavy atom. The molecule has 0 aromatic heterocycles. The van der Waals surface area contributed by atoms with E-state index in [2.05, 4.69) is 26.1 Å². The number of nitrogens with two attached hydrogens (primary N) is 1. The van der Waals surface area contributed by atoms with Gasteiger partial charge in [0.05, 0.1) is 6.04 Å². The number of hydrogen-bond acceptors (Lipinski definition) is 2. The van der Waals surface area contributed by atoms with Crippen LogP contribution in [0.25, 0.3) is 0 Å². The molecular formula is C14H21N3O. The maximum Gasteiger partial charge on any atom is 0.322 e. The molecule has 1 aromatic carbocycles. The Kier molecular flexibility index (Phi) is 3.30. The molecule has 1 unspecified atom stereocenters. The molecule has 18 heavy (non-hydrogen) atoms. The van der Waals surface area contributed by atoms with Crippen LogP contribution < -0.4 is 16.0 Å². The highest BCUT2D eigenvalue weighted by atomic mass is 16.2. The predicted octanol–water partition coefficient (Wildman–Crippen LogP) is 2.09. The molecule has 1 heterocycles. The molecule has 0 spiro atoms. The molecule has 2 amide bonds. The summed E-state index contributed by atoms with van der Waals surface area (Å²) in [6, 6.07) is 7.99. The second-order valence-corrected chi connectivity index (χ2v) is 5.85. The van der Waals surface area contributed by atoms with Crippen LogP contribution >= 0.6 is 0 Å². The molecular weight excluding hydrogens is 226 g/mol. The zero-order valence-corrected chi connectivity index (χ0v) is 11.2. The lowest BCUT2D eigenvalue weighted by Gasteiger charge is -2.26. The molecule has 4 heteroatoms. The van der Waals surface area contributed by atoms with Crippen molar-refractivity contribution in [1.29, 1.82) is 0 Å². The summed E-state index contributed by atoms with van der Waals surface area (Å²) in [6.07, 6.45) is 0. The number of hydrogen-bond donors (Lipinski definition) is 2. The largest absolute Gasteiger partial charge is 0.333 e. The summed E-state index contributed by atoms with van der Waals surface area (Å²) < 4.78 is 0. The van der Waals surface area contributed by atoms with Gasteiger partial charge in [0.1, 0.15) is 0 Å². The van der Waals surface area contributed by atoms with E-state index in [-0.39, 0.29) is 17.5 Å². The van der Waals surface area contributed by atoms with Crippen LogP contribution in [0, 0.1) is 5.41 Å². The monoisotopic (exact) mass is 247 g/mol. The number of carbonyl (C=O) groups excluding carboxylic acids is 1. The molecule has 2 rings (SSSR count). The Bertz CT molecular complexity index is 433. The minimum absolute atomic E-state index is 0.0181. The standard InChI is InChI=1S/C14H21N3O/c1-14(2,3)12-9-17(13(18)16-12)11-6-4-10(8-15)5-7-11/h4-7,12H,8-9,15H2,1-3H3,(H,16,18). The van der Waals surface area contributed by atoms with Crippen LogP contribution in [-0.2, 0) is 6.54 Å². The fourth-order valence-electron chi connectivity index (χ4n) is 2.06. The minimum Gasteiger partial charge on any atom is -0.333 e. The van der Waals surface area contributed by atoms with Gasteiger partial charge in [0.15, 0.2) is 0 Å². The zero-order valence-electron chi connectivity index (χ0n) is 11.2. The maximum atomic E-state index is 12.0. The van der Waals surface area contributed by atoms with E-state index in [0.717, 1.165) is 11.3 Å². The molecule has 1 aromatic rings. The van der Waals surface area contributed by atoms with Gasteiger partial charge in [-0.2, -0.15) is 0 Å². The van der Waals surface area contributed by atoms with E-state index in [1.165, 1.54) is 0 Å². The first-order valence-electron chi connectivity index (χ1n) is 6.29. The lowest BCUT2D eigenvalue weighted by Crippen LogP contribution is -2.38. The SMILES string of the molecule is CC(C)(C)C1CN(c2ccc(CN)cc2)C(=O)N1. The van der Waals surface area contributed by atoms with Crippen molar-refractivity contribution in [2.45, 2.75) is 33.4 Å². The molecule has 1 fully saturated rings. The van der Waals surface area contributed by atoms with Crippen LogP contribution in [0.3, 0.4) is 0 Å². The first kappa shape index (κ1) is 12.9. The molecule has 1 saturated heterocycles. The zero-order chi connectivity index (χ0) is 13.3. The third kappa shape index (κ3) is 2.48. The maximum absolute atomic E-state index is 12.0.